The predicted molar refractivity (Wildman–Crippen MR) is 288 cm³/mol. The maximum absolute atomic E-state index is 5.85. The summed E-state index contributed by atoms with van der Waals surface area (Å²) in [6.45, 7) is 26.1. The van der Waals surface area contributed by atoms with Gasteiger partial charge in [0.2, 0.25) is 0 Å². The van der Waals surface area contributed by atoms with Gasteiger partial charge in [-0.15, -0.1) is 0 Å². The van der Waals surface area contributed by atoms with Crippen LogP contribution in [0.3, 0.4) is 0 Å². The highest BCUT2D eigenvalue weighted by molar-refractivity contribution is 7.00. The van der Waals surface area contributed by atoms with Gasteiger partial charge in [0.1, 0.15) is 11.2 Å². The van der Waals surface area contributed by atoms with Crippen molar-refractivity contribution in [2.24, 2.45) is 0 Å². The summed E-state index contributed by atoms with van der Waals surface area (Å²) in [5.41, 5.74) is 24.6. The summed E-state index contributed by atoms with van der Waals surface area (Å²) in [7, 11) is 0. The van der Waals surface area contributed by atoms with Gasteiger partial charge in [-0.25, -0.2) is 0 Å². The predicted octanol–water partition coefficient (Wildman–Crippen LogP) is 15.8. The molecule has 4 heterocycles. The highest BCUT2D eigenvalue weighted by Crippen LogP contribution is 2.51. The molecule has 0 N–H and O–H groups in total. The molecule has 0 bridgehead atoms. The molecule has 3 aliphatic rings. The Morgan fingerprint density at radius 2 is 0.971 bits per heavy atom. The number of rotatable bonds is 4. The van der Waals surface area contributed by atoms with Crippen LogP contribution >= 0.6 is 0 Å². The van der Waals surface area contributed by atoms with E-state index in [9.17, 15) is 0 Å². The summed E-state index contributed by atoms with van der Waals surface area (Å²) < 4.78 is 11.7. The fourth-order valence-electron chi connectivity index (χ4n) is 11.7. The van der Waals surface area contributed by atoms with Gasteiger partial charge >= 0.3 is 0 Å². The summed E-state index contributed by atoms with van der Waals surface area (Å²) >= 11 is 0. The summed E-state index contributed by atoms with van der Waals surface area (Å²) in [4.78, 5) is 5.20. The van der Waals surface area contributed by atoms with Gasteiger partial charge in [-0.05, 0) is 199 Å². The number of furan rings is 2. The maximum Gasteiger partial charge on any atom is 0.252 e. The molecule has 12 rings (SSSR count). The van der Waals surface area contributed by atoms with Crippen LogP contribution in [0.5, 0.6) is 0 Å². The normalized spacial score (nSPS) is 15.9. The van der Waals surface area contributed by atoms with Crippen molar-refractivity contribution in [3.8, 4) is 22.3 Å². The van der Waals surface area contributed by atoms with Gasteiger partial charge in [-0.1, -0.05) is 112 Å². The molecule has 0 spiro atoms. The standard InChI is InChI=1S/C63H61BN2O2/c1-38-28-55-59-56(29-38)66(48-33-43(39-12-20-57-41(30-39)22-26-67-57)32-44(34-48)40-13-21-58-42(31-40)23-27-68-58)54-37-50-49(62(8,9)24-25-63(50,10)11)36-52(54)64(59)51-35-46(61(5,6)7)16-19-53(51)65(55)47-17-14-45(15-18-47)60(2,3)4/h12-23,26-37H,24-25H2,1-11H3. The van der Waals surface area contributed by atoms with Crippen molar-refractivity contribution in [2.45, 2.75) is 111 Å². The van der Waals surface area contributed by atoms with E-state index in [4.69, 9.17) is 8.83 Å². The first-order chi connectivity index (χ1) is 32.3. The second kappa shape index (κ2) is 14.6. The molecule has 7 aromatic carbocycles. The van der Waals surface area contributed by atoms with Crippen molar-refractivity contribution in [1.82, 2.24) is 0 Å². The zero-order valence-electron chi connectivity index (χ0n) is 41.6. The van der Waals surface area contributed by atoms with Crippen molar-refractivity contribution in [2.75, 3.05) is 9.80 Å². The molecule has 0 saturated carbocycles. The molecule has 5 heteroatoms. The minimum absolute atomic E-state index is 0.00929. The van der Waals surface area contributed by atoms with Crippen LogP contribution in [-0.2, 0) is 21.7 Å². The molecular weight excluding hydrogens is 828 g/mol. The average Bonchev–Trinajstić information content (AvgIpc) is 3.99. The number of benzene rings is 7. The van der Waals surface area contributed by atoms with Gasteiger partial charge in [-0.2, -0.15) is 0 Å². The van der Waals surface area contributed by atoms with E-state index in [1.807, 2.05) is 0 Å². The molecule has 0 atom stereocenters. The quantitative estimate of drug-likeness (QED) is 0.165. The van der Waals surface area contributed by atoms with Gasteiger partial charge in [0.05, 0.1) is 12.5 Å². The van der Waals surface area contributed by atoms with E-state index in [1.165, 1.54) is 72.6 Å². The Bertz CT molecular complexity index is 3420. The van der Waals surface area contributed by atoms with Crippen LogP contribution in [0.25, 0.3) is 44.2 Å². The van der Waals surface area contributed by atoms with Crippen LogP contribution in [-0.4, -0.2) is 6.71 Å². The molecule has 0 fully saturated rings. The summed E-state index contributed by atoms with van der Waals surface area (Å²) in [5, 5.41) is 2.18. The van der Waals surface area contributed by atoms with Crippen LogP contribution in [0.1, 0.15) is 110 Å². The van der Waals surface area contributed by atoms with Crippen LogP contribution in [0.4, 0.5) is 34.1 Å². The minimum Gasteiger partial charge on any atom is -0.464 e. The molecule has 0 saturated heterocycles. The van der Waals surface area contributed by atoms with Crippen molar-refractivity contribution >= 4 is 79.2 Å². The fraction of sp³-hybridized carbons (Fsp3) is 0.270. The van der Waals surface area contributed by atoms with Gasteiger partial charge in [0.15, 0.2) is 0 Å². The zero-order valence-corrected chi connectivity index (χ0v) is 41.6. The number of anilines is 6. The molecule has 4 nitrogen and oxygen atoms in total. The maximum atomic E-state index is 5.85. The third-order valence-electron chi connectivity index (χ3n) is 15.8. The second-order valence-corrected chi connectivity index (χ2v) is 23.5. The lowest BCUT2D eigenvalue weighted by atomic mass is 9.33. The summed E-state index contributed by atoms with van der Waals surface area (Å²) in [6.07, 6.45) is 5.86. The lowest BCUT2D eigenvalue weighted by molar-refractivity contribution is 0.332. The first-order valence-electron chi connectivity index (χ1n) is 24.6. The monoisotopic (exact) mass is 888 g/mol. The van der Waals surface area contributed by atoms with E-state index in [0.29, 0.717) is 0 Å². The molecule has 68 heavy (non-hydrogen) atoms. The molecular formula is C63H61BN2O2. The molecule has 338 valence electrons. The second-order valence-electron chi connectivity index (χ2n) is 23.5. The Labute approximate surface area is 402 Å². The highest BCUT2D eigenvalue weighted by atomic mass is 16.3. The van der Waals surface area contributed by atoms with E-state index in [2.05, 4.69) is 219 Å². The Morgan fingerprint density at radius 3 is 1.53 bits per heavy atom. The molecule has 0 radical (unpaired) electrons. The fourth-order valence-corrected chi connectivity index (χ4v) is 11.7. The van der Waals surface area contributed by atoms with E-state index in [1.54, 1.807) is 12.5 Å². The number of aryl methyl sites for hydroxylation is 1. The molecule has 2 aromatic heterocycles. The first-order valence-corrected chi connectivity index (χ1v) is 24.6. The van der Waals surface area contributed by atoms with Crippen molar-refractivity contribution in [3.05, 3.63) is 174 Å². The minimum atomic E-state index is -0.0359. The van der Waals surface area contributed by atoms with Crippen LogP contribution in [0.15, 0.2) is 155 Å². The zero-order chi connectivity index (χ0) is 47.2. The van der Waals surface area contributed by atoms with E-state index in [0.717, 1.165) is 62.7 Å². The van der Waals surface area contributed by atoms with Crippen LogP contribution < -0.4 is 26.2 Å². The molecule has 9 aromatic rings. The van der Waals surface area contributed by atoms with Gasteiger partial charge in [-0.3, -0.25) is 0 Å². The summed E-state index contributed by atoms with van der Waals surface area (Å²) in [5.74, 6) is 0. The Balaban J connectivity index is 1.19. The van der Waals surface area contributed by atoms with E-state index < -0.39 is 0 Å². The molecule has 0 amide bonds. The van der Waals surface area contributed by atoms with E-state index >= 15 is 0 Å². The number of hydrogen-bond acceptors (Lipinski definition) is 4. The lowest BCUT2D eigenvalue weighted by Crippen LogP contribution is -2.62. The third-order valence-corrected chi connectivity index (χ3v) is 15.8. The molecule has 1 aliphatic carbocycles. The highest BCUT2D eigenvalue weighted by Gasteiger charge is 2.47. The summed E-state index contributed by atoms with van der Waals surface area (Å²) in [6, 6.07) is 51.4. The number of hydrogen-bond donors (Lipinski definition) is 0. The average molecular weight is 889 g/mol. The van der Waals surface area contributed by atoms with Crippen LogP contribution in [0.2, 0.25) is 0 Å². The number of fused-ring (bicyclic) bond motifs is 7. The molecule has 2 aliphatic heterocycles. The SMILES string of the molecule is Cc1cc2c3c(c1)N(c1cc(-c4ccc5occc5c4)cc(-c4ccc5occc5c4)c1)c1cc4c(cc1B3c1cc(C(C)(C)C)ccc1N2c1ccc(C(C)(C)C)cc1)C(C)(C)CCC4(C)C. The van der Waals surface area contributed by atoms with Crippen molar-refractivity contribution < 1.29 is 8.83 Å². The lowest BCUT2D eigenvalue weighted by Gasteiger charge is -2.47. The van der Waals surface area contributed by atoms with Crippen LogP contribution in [0, 0.1) is 6.92 Å². The van der Waals surface area contributed by atoms with Gasteiger partial charge < -0.3 is 18.6 Å². The van der Waals surface area contributed by atoms with Gasteiger partial charge in [0.25, 0.3) is 6.71 Å². The Kier molecular flexibility index (Phi) is 9.18. The third kappa shape index (κ3) is 6.71. The first kappa shape index (κ1) is 42.6. The smallest absolute Gasteiger partial charge is 0.252 e. The Morgan fingerprint density at radius 1 is 0.456 bits per heavy atom. The topological polar surface area (TPSA) is 32.8 Å². The van der Waals surface area contributed by atoms with E-state index in [-0.39, 0.29) is 28.4 Å². The largest absolute Gasteiger partial charge is 0.464 e. The van der Waals surface area contributed by atoms with Gasteiger partial charge in [0, 0.05) is 44.9 Å². The van der Waals surface area contributed by atoms with Crippen molar-refractivity contribution in [3.63, 3.8) is 0 Å². The van der Waals surface area contributed by atoms with Crippen molar-refractivity contribution in [1.29, 1.82) is 0 Å². The number of nitrogens with zero attached hydrogens (tertiary/aromatic N) is 2. The molecule has 0 unspecified atom stereocenters. The Hall–Kier alpha value is -6.72.